The normalized spacial score (nSPS) is 11.7. The number of fused-ring (bicyclic) bond motifs is 1. The summed E-state index contributed by atoms with van der Waals surface area (Å²) < 4.78 is 1.77. The Kier molecular flexibility index (Phi) is 6.42. The number of anilines is 1. The van der Waals surface area contributed by atoms with Crippen molar-refractivity contribution in [1.82, 2.24) is 25.0 Å². The third-order valence-corrected chi connectivity index (χ3v) is 5.63. The number of para-hydroxylation sites is 1. The van der Waals surface area contributed by atoms with Gasteiger partial charge < -0.3 is 5.11 Å². The van der Waals surface area contributed by atoms with Crippen molar-refractivity contribution in [2.24, 2.45) is 5.10 Å². The topological polar surface area (TPSA) is 101 Å². The molecule has 2 aromatic heterocycles. The van der Waals surface area contributed by atoms with Gasteiger partial charge in [0.2, 0.25) is 0 Å². The summed E-state index contributed by atoms with van der Waals surface area (Å²) in [5.74, 6) is 1.56. The van der Waals surface area contributed by atoms with Crippen molar-refractivity contribution in [1.29, 1.82) is 0 Å². The molecule has 0 aliphatic heterocycles. The highest BCUT2D eigenvalue weighted by Gasteiger charge is 2.15. The quantitative estimate of drug-likeness (QED) is 0.185. The fourth-order valence-corrected chi connectivity index (χ4v) is 3.71. The number of aromatic hydroxyl groups is 1. The number of thioether (sulfide) groups is 1. The molecule has 0 saturated heterocycles. The Hall–Kier alpha value is -3.46. The molecular formula is C22H23N7OS. The molecule has 2 heterocycles. The molecular weight excluding hydrogens is 410 g/mol. The summed E-state index contributed by atoms with van der Waals surface area (Å²) in [5, 5.41) is 23.7. The van der Waals surface area contributed by atoms with Gasteiger partial charge in [-0.15, -0.1) is 5.10 Å². The van der Waals surface area contributed by atoms with Crippen LogP contribution in [0.2, 0.25) is 0 Å². The van der Waals surface area contributed by atoms with E-state index in [1.54, 1.807) is 28.6 Å². The maximum absolute atomic E-state index is 10.1. The first-order valence-corrected chi connectivity index (χ1v) is 11.0. The SMILES string of the molecule is CCCSc1nc(N/N=C(\C)c2ccccc2O)c2nnn(Cc3ccccc3)c2n1. The lowest BCUT2D eigenvalue weighted by Gasteiger charge is -2.07. The summed E-state index contributed by atoms with van der Waals surface area (Å²) >= 11 is 1.58. The molecule has 2 aromatic carbocycles. The number of aromatic nitrogens is 5. The van der Waals surface area contributed by atoms with Crippen LogP contribution in [0.15, 0.2) is 64.9 Å². The predicted molar refractivity (Wildman–Crippen MR) is 124 cm³/mol. The van der Waals surface area contributed by atoms with Crippen LogP contribution < -0.4 is 5.43 Å². The van der Waals surface area contributed by atoms with Gasteiger partial charge in [0.15, 0.2) is 22.1 Å². The third kappa shape index (κ3) is 4.83. The molecule has 158 valence electrons. The Balaban J connectivity index is 1.70. The second-order valence-corrected chi connectivity index (χ2v) is 8.00. The summed E-state index contributed by atoms with van der Waals surface area (Å²) in [5.41, 5.74) is 6.58. The first-order valence-electron chi connectivity index (χ1n) is 10.0. The maximum atomic E-state index is 10.1. The summed E-state index contributed by atoms with van der Waals surface area (Å²) in [6.07, 6.45) is 1.01. The summed E-state index contributed by atoms with van der Waals surface area (Å²) in [6.45, 7) is 4.50. The van der Waals surface area contributed by atoms with Crippen molar-refractivity contribution < 1.29 is 5.11 Å². The number of nitrogens with one attached hydrogen (secondary N) is 1. The molecule has 0 saturated carbocycles. The van der Waals surface area contributed by atoms with Gasteiger partial charge in [0.1, 0.15) is 5.75 Å². The molecule has 0 aliphatic carbocycles. The fourth-order valence-electron chi connectivity index (χ4n) is 3.01. The second kappa shape index (κ2) is 9.57. The van der Waals surface area contributed by atoms with E-state index in [4.69, 9.17) is 4.98 Å². The largest absolute Gasteiger partial charge is 0.507 e. The van der Waals surface area contributed by atoms with Gasteiger partial charge in [-0.05, 0) is 31.0 Å². The number of hydrogen-bond acceptors (Lipinski definition) is 8. The van der Waals surface area contributed by atoms with Crippen LogP contribution in [-0.4, -0.2) is 41.5 Å². The molecule has 2 N–H and O–H groups in total. The van der Waals surface area contributed by atoms with Crippen molar-refractivity contribution in [2.75, 3.05) is 11.2 Å². The van der Waals surface area contributed by atoms with E-state index in [-0.39, 0.29) is 5.75 Å². The zero-order chi connectivity index (χ0) is 21.6. The molecule has 4 aromatic rings. The molecule has 0 aliphatic rings. The molecule has 4 rings (SSSR count). The molecule has 0 amide bonds. The molecule has 9 heteroatoms. The van der Waals surface area contributed by atoms with Gasteiger partial charge >= 0.3 is 0 Å². The lowest BCUT2D eigenvalue weighted by molar-refractivity contribution is 0.474. The van der Waals surface area contributed by atoms with Crippen LogP contribution in [0.25, 0.3) is 11.2 Å². The van der Waals surface area contributed by atoms with Crippen molar-refractivity contribution in [2.45, 2.75) is 32.0 Å². The zero-order valence-electron chi connectivity index (χ0n) is 17.4. The van der Waals surface area contributed by atoms with Gasteiger partial charge in [-0.1, -0.05) is 66.4 Å². The lowest BCUT2D eigenvalue weighted by atomic mass is 10.1. The van der Waals surface area contributed by atoms with Crippen molar-refractivity contribution in [3.05, 3.63) is 65.7 Å². The van der Waals surface area contributed by atoms with Gasteiger partial charge in [-0.3, -0.25) is 5.43 Å². The average Bonchev–Trinajstić information content (AvgIpc) is 3.19. The maximum Gasteiger partial charge on any atom is 0.191 e. The molecule has 0 fully saturated rings. The van der Waals surface area contributed by atoms with Gasteiger partial charge in [0.05, 0.1) is 12.3 Å². The minimum absolute atomic E-state index is 0.173. The van der Waals surface area contributed by atoms with Crippen molar-refractivity contribution in [3.63, 3.8) is 0 Å². The van der Waals surface area contributed by atoms with Crippen molar-refractivity contribution in [3.8, 4) is 5.75 Å². The Bertz CT molecular complexity index is 1210. The fraction of sp³-hybridized carbons (Fsp3) is 0.227. The van der Waals surface area contributed by atoms with E-state index >= 15 is 0 Å². The highest BCUT2D eigenvalue weighted by molar-refractivity contribution is 7.99. The van der Waals surface area contributed by atoms with Crippen LogP contribution in [0, 0.1) is 0 Å². The number of phenols is 1. The van der Waals surface area contributed by atoms with E-state index in [0.29, 0.717) is 40.0 Å². The van der Waals surface area contributed by atoms with Crippen LogP contribution in [0.5, 0.6) is 5.75 Å². The van der Waals surface area contributed by atoms with Gasteiger partial charge in [-0.2, -0.15) is 5.10 Å². The van der Waals surface area contributed by atoms with Crippen LogP contribution in [0.1, 0.15) is 31.4 Å². The highest BCUT2D eigenvalue weighted by Crippen LogP contribution is 2.24. The number of hydrazone groups is 1. The average molecular weight is 434 g/mol. The van der Waals surface area contributed by atoms with Crippen molar-refractivity contribution >= 4 is 34.5 Å². The van der Waals surface area contributed by atoms with E-state index < -0.39 is 0 Å². The minimum Gasteiger partial charge on any atom is -0.507 e. The Labute approximate surface area is 184 Å². The van der Waals surface area contributed by atoms with Crippen LogP contribution >= 0.6 is 11.8 Å². The molecule has 0 spiro atoms. The van der Waals surface area contributed by atoms with E-state index in [0.717, 1.165) is 17.7 Å². The summed E-state index contributed by atoms with van der Waals surface area (Å²) in [6, 6.07) is 17.1. The number of nitrogens with zero attached hydrogens (tertiary/aromatic N) is 6. The van der Waals surface area contributed by atoms with Crippen LogP contribution in [-0.2, 0) is 6.54 Å². The zero-order valence-corrected chi connectivity index (χ0v) is 18.2. The van der Waals surface area contributed by atoms with Gasteiger partial charge in [0, 0.05) is 11.3 Å². The molecule has 31 heavy (non-hydrogen) atoms. The number of benzene rings is 2. The predicted octanol–water partition coefficient (Wildman–Crippen LogP) is 4.31. The monoisotopic (exact) mass is 433 g/mol. The number of rotatable bonds is 8. The lowest BCUT2D eigenvalue weighted by Crippen LogP contribution is -2.05. The van der Waals surface area contributed by atoms with Crippen LogP contribution in [0.4, 0.5) is 5.82 Å². The molecule has 0 unspecified atom stereocenters. The summed E-state index contributed by atoms with van der Waals surface area (Å²) in [4.78, 5) is 9.29. The number of phenolic OH excluding ortho intramolecular Hbond substituents is 1. The standard InChI is InChI=1S/C22H23N7OS/c1-3-13-31-22-23-20(27-25-15(2)17-11-7-8-12-18(17)30)19-21(24-22)29(28-26-19)14-16-9-5-4-6-10-16/h4-12,30H,3,13-14H2,1-2H3,(H,23,24,27)/b25-15+. The minimum atomic E-state index is 0.173. The Morgan fingerprint density at radius 2 is 1.87 bits per heavy atom. The molecule has 0 bridgehead atoms. The van der Waals surface area contributed by atoms with E-state index in [1.165, 1.54) is 0 Å². The Morgan fingerprint density at radius 3 is 2.65 bits per heavy atom. The van der Waals surface area contributed by atoms with Crippen LogP contribution in [0.3, 0.4) is 0 Å². The molecule has 8 nitrogen and oxygen atoms in total. The smallest absolute Gasteiger partial charge is 0.191 e. The Morgan fingerprint density at radius 1 is 1.10 bits per heavy atom. The van der Waals surface area contributed by atoms with E-state index in [9.17, 15) is 5.11 Å². The third-order valence-electron chi connectivity index (χ3n) is 4.58. The first kappa shape index (κ1) is 20.8. The van der Waals surface area contributed by atoms with Gasteiger partial charge in [0.25, 0.3) is 0 Å². The highest BCUT2D eigenvalue weighted by atomic mass is 32.2. The van der Waals surface area contributed by atoms with Gasteiger partial charge in [-0.25, -0.2) is 14.6 Å². The molecule has 0 radical (unpaired) electrons. The first-order chi connectivity index (χ1) is 15.2. The van der Waals surface area contributed by atoms with E-state index in [1.807, 2.05) is 49.4 Å². The van der Waals surface area contributed by atoms with E-state index in [2.05, 4.69) is 32.7 Å². The summed E-state index contributed by atoms with van der Waals surface area (Å²) in [7, 11) is 0. The second-order valence-electron chi connectivity index (χ2n) is 6.93. The molecule has 0 atom stereocenters. The number of hydrogen-bond donors (Lipinski definition) is 2.